The topological polar surface area (TPSA) is 35.5 Å². The van der Waals surface area contributed by atoms with E-state index in [-0.39, 0.29) is 0 Å². The number of hydrogen-bond donors (Lipinski definition) is 2. The molecule has 0 aromatic rings. The van der Waals surface area contributed by atoms with Crippen LogP contribution in [0.3, 0.4) is 0 Å². The summed E-state index contributed by atoms with van der Waals surface area (Å²) in [5, 5.41) is 13.2. The third kappa shape index (κ3) is 3.69. The molecule has 106 valence electrons. The van der Waals surface area contributed by atoms with Crippen molar-refractivity contribution in [2.75, 3.05) is 26.2 Å². The Bertz CT molecular complexity index is 233. The molecule has 1 aliphatic heterocycles. The predicted molar refractivity (Wildman–Crippen MR) is 75.7 cm³/mol. The molecule has 1 heterocycles. The molecule has 3 nitrogen and oxygen atoms in total. The average molecular weight is 254 g/mol. The van der Waals surface area contributed by atoms with Gasteiger partial charge in [0.2, 0.25) is 0 Å². The second-order valence-corrected chi connectivity index (χ2v) is 6.45. The van der Waals surface area contributed by atoms with Gasteiger partial charge in [-0.1, -0.05) is 6.42 Å². The van der Waals surface area contributed by atoms with Crippen molar-refractivity contribution in [2.24, 2.45) is 11.8 Å². The smallest absolute Gasteiger partial charge is 0.0474 e. The first-order valence-electron chi connectivity index (χ1n) is 7.79. The number of hydrogen-bond acceptors (Lipinski definition) is 3. The molecule has 1 atom stereocenters. The zero-order valence-corrected chi connectivity index (χ0v) is 12.1. The summed E-state index contributed by atoms with van der Waals surface area (Å²) in [6.07, 6.45) is 6.58. The summed E-state index contributed by atoms with van der Waals surface area (Å²) in [4.78, 5) is 2.56. The number of nitrogens with zero attached hydrogens (tertiary/aromatic N) is 1. The van der Waals surface area contributed by atoms with Crippen LogP contribution in [0.25, 0.3) is 0 Å². The maximum absolute atomic E-state index is 9.60. The van der Waals surface area contributed by atoms with E-state index in [1.165, 1.54) is 45.2 Å². The Morgan fingerprint density at radius 2 is 1.83 bits per heavy atom. The average Bonchev–Trinajstić information content (AvgIpc) is 2.32. The minimum Gasteiger partial charge on any atom is -0.396 e. The summed E-state index contributed by atoms with van der Waals surface area (Å²) in [5.41, 5.74) is 0. The van der Waals surface area contributed by atoms with Crippen molar-refractivity contribution >= 4 is 0 Å². The molecular weight excluding hydrogens is 224 g/mol. The first-order chi connectivity index (χ1) is 8.70. The van der Waals surface area contributed by atoms with Crippen molar-refractivity contribution in [3.05, 3.63) is 0 Å². The lowest BCUT2D eigenvalue weighted by atomic mass is 9.83. The van der Waals surface area contributed by atoms with Crippen LogP contribution in [-0.2, 0) is 0 Å². The lowest BCUT2D eigenvalue weighted by Crippen LogP contribution is -2.44. The molecule has 1 aliphatic carbocycles. The zero-order chi connectivity index (χ0) is 13.0. The molecule has 18 heavy (non-hydrogen) atoms. The van der Waals surface area contributed by atoms with E-state index in [9.17, 15) is 5.11 Å². The Morgan fingerprint density at radius 3 is 2.28 bits per heavy atom. The van der Waals surface area contributed by atoms with Crippen LogP contribution < -0.4 is 5.32 Å². The normalized spacial score (nSPS) is 25.3. The molecule has 1 saturated heterocycles. The SMILES string of the molecule is CC(C)N1CCC(C(CO)CNC2CCC2)CC1. The summed E-state index contributed by atoms with van der Waals surface area (Å²) in [6, 6.07) is 1.42. The van der Waals surface area contributed by atoms with E-state index in [4.69, 9.17) is 0 Å². The summed E-state index contributed by atoms with van der Waals surface area (Å²) in [6.45, 7) is 8.36. The first kappa shape index (κ1) is 14.3. The highest BCUT2D eigenvalue weighted by Gasteiger charge is 2.28. The van der Waals surface area contributed by atoms with Gasteiger partial charge in [0.15, 0.2) is 0 Å². The van der Waals surface area contributed by atoms with Crippen molar-refractivity contribution in [1.29, 1.82) is 0 Å². The molecule has 0 aromatic carbocycles. The van der Waals surface area contributed by atoms with Gasteiger partial charge >= 0.3 is 0 Å². The van der Waals surface area contributed by atoms with Crippen LogP contribution in [0.15, 0.2) is 0 Å². The highest BCUT2D eigenvalue weighted by Crippen LogP contribution is 2.26. The summed E-state index contributed by atoms with van der Waals surface area (Å²) in [7, 11) is 0. The molecule has 0 aromatic heterocycles. The van der Waals surface area contributed by atoms with Crippen LogP contribution in [-0.4, -0.2) is 48.3 Å². The number of nitrogens with one attached hydrogen (secondary N) is 1. The molecule has 3 heteroatoms. The molecular formula is C15H30N2O. The number of likely N-dealkylation sites (tertiary alicyclic amines) is 1. The van der Waals surface area contributed by atoms with Crippen molar-refractivity contribution in [3.63, 3.8) is 0 Å². The molecule has 2 N–H and O–H groups in total. The lowest BCUT2D eigenvalue weighted by Gasteiger charge is -2.38. The summed E-state index contributed by atoms with van der Waals surface area (Å²) >= 11 is 0. The Morgan fingerprint density at radius 1 is 1.17 bits per heavy atom. The molecule has 0 bridgehead atoms. The van der Waals surface area contributed by atoms with Crippen LogP contribution in [0.1, 0.15) is 46.0 Å². The van der Waals surface area contributed by atoms with E-state index in [0.717, 1.165) is 18.5 Å². The molecule has 0 spiro atoms. The van der Waals surface area contributed by atoms with Crippen molar-refractivity contribution in [2.45, 2.75) is 58.0 Å². The standard InChI is InChI=1S/C15H30N2O/c1-12(2)17-8-6-13(7-9-17)14(11-18)10-16-15-4-3-5-15/h12-16,18H,3-11H2,1-2H3. The molecule has 0 amide bonds. The molecule has 2 aliphatic rings. The van der Waals surface area contributed by atoms with Crippen molar-refractivity contribution < 1.29 is 5.11 Å². The van der Waals surface area contributed by atoms with Gasteiger partial charge in [0.05, 0.1) is 0 Å². The van der Waals surface area contributed by atoms with Crippen LogP contribution in [0.2, 0.25) is 0 Å². The van der Waals surface area contributed by atoms with Crippen molar-refractivity contribution in [1.82, 2.24) is 10.2 Å². The molecule has 1 saturated carbocycles. The van der Waals surface area contributed by atoms with Gasteiger partial charge in [-0.3, -0.25) is 0 Å². The van der Waals surface area contributed by atoms with Crippen LogP contribution >= 0.6 is 0 Å². The maximum Gasteiger partial charge on any atom is 0.0474 e. The van der Waals surface area contributed by atoms with Gasteiger partial charge in [-0.2, -0.15) is 0 Å². The minimum absolute atomic E-state index is 0.353. The monoisotopic (exact) mass is 254 g/mol. The molecule has 2 fully saturated rings. The quantitative estimate of drug-likeness (QED) is 0.759. The fraction of sp³-hybridized carbons (Fsp3) is 1.00. The Hall–Kier alpha value is -0.120. The largest absolute Gasteiger partial charge is 0.396 e. The highest BCUT2D eigenvalue weighted by molar-refractivity contribution is 4.83. The predicted octanol–water partition coefficient (Wildman–Crippen LogP) is 1.86. The first-order valence-corrected chi connectivity index (χ1v) is 7.79. The van der Waals surface area contributed by atoms with Gasteiger partial charge in [-0.25, -0.2) is 0 Å². The molecule has 1 unspecified atom stereocenters. The van der Waals surface area contributed by atoms with E-state index < -0.39 is 0 Å². The minimum atomic E-state index is 0.353. The maximum atomic E-state index is 9.60. The Balaban J connectivity index is 1.71. The fourth-order valence-corrected chi connectivity index (χ4v) is 3.22. The summed E-state index contributed by atoms with van der Waals surface area (Å²) in [5.74, 6) is 1.19. The van der Waals surface area contributed by atoms with E-state index >= 15 is 0 Å². The van der Waals surface area contributed by atoms with E-state index in [1.807, 2.05) is 0 Å². The second-order valence-electron chi connectivity index (χ2n) is 6.45. The van der Waals surface area contributed by atoms with Crippen LogP contribution in [0, 0.1) is 11.8 Å². The van der Waals surface area contributed by atoms with Gasteiger partial charge in [0.1, 0.15) is 0 Å². The Labute approximate surface area is 112 Å². The van der Waals surface area contributed by atoms with Gasteiger partial charge < -0.3 is 15.3 Å². The van der Waals surface area contributed by atoms with Gasteiger partial charge in [0, 0.05) is 25.2 Å². The zero-order valence-electron chi connectivity index (χ0n) is 12.1. The molecule has 0 radical (unpaired) electrons. The third-order valence-electron chi connectivity index (χ3n) is 4.98. The van der Waals surface area contributed by atoms with E-state index in [0.29, 0.717) is 18.6 Å². The van der Waals surface area contributed by atoms with E-state index in [1.54, 1.807) is 0 Å². The number of aliphatic hydroxyl groups excluding tert-OH is 1. The van der Waals surface area contributed by atoms with Crippen LogP contribution in [0.5, 0.6) is 0 Å². The van der Waals surface area contributed by atoms with Gasteiger partial charge in [-0.05, 0) is 64.5 Å². The lowest BCUT2D eigenvalue weighted by molar-refractivity contribution is 0.0877. The number of piperidine rings is 1. The fourth-order valence-electron chi connectivity index (χ4n) is 3.22. The van der Waals surface area contributed by atoms with Crippen molar-refractivity contribution in [3.8, 4) is 0 Å². The second kappa shape index (κ2) is 6.88. The number of rotatable bonds is 6. The number of aliphatic hydroxyl groups is 1. The van der Waals surface area contributed by atoms with Gasteiger partial charge in [0.25, 0.3) is 0 Å². The Kier molecular flexibility index (Phi) is 5.46. The van der Waals surface area contributed by atoms with Crippen LogP contribution in [0.4, 0.5) is 0 Å². The summed E-state index contributed by atoms with van der Waals surface area (Å²) < 4.78 is 0. The highest BCUT2D eigenvalue weighted by atomic mass is 16.3. The third-order valence-corrected chi connectivity index (χ3v) is 4.98. The van der Waals surface area contributed by atoms with E-state index in [2.05, 4.69) is 24.1 Å². The molecule has 2 rings (SSSR count). The van der Waals surface area contributed by atoms with Gasteiger partial charge in [-0.15, -0.1) is 0 Å².